The van der Waals surface area contributed by atoms with Gasteiger partial charge in [0.2, 0.25) is 0 Å². The van der Waals surface area contributed by atoms with Gasteiger partial charge >= 0.3 is 24.3 Å². The molecule has 5 nitrogen and oxygen atoms in total. The van der Waals surface area contributed by atoms with Crippen molar-refractivity contribution in [2.24, 2.45) is 5.92 Å². The van der Waals surface area contributed by atoms with Crippen molar-refractivity contribution in [2.75, 3.05) is 6.61 Å². The Hall–Kier alpha value is -1.52. The molecule has 0 saturated heterocycles. The molecule has 0 fully saturated rings. The molecule has 1 N–H and O–H groups in total. The fraction of sp³-hybridized carbons (Fsp3) is 0.857. The van der Waals surface area contributed by atoms with E-state index < -0.39 is 48.0 Å². The van der Waals surface area contributed by atoms with E-state index >= 15 is 0 Å². The van der Waals surface area contributed by atoms with Crippen molar-refractivity contribution in [3.05, 3.63) is 0 Å². The first-order chi connectivity index (χ1) is 11.0. The molecule has 1 atom stereocenters. The van der Waals surface area contributed by atoms with Gasteiger partial charge in [0.05, 0.1) is 5.92 Å². The third-order valence-corrected chi connectivity index (χ3v) is 3.52. The van der Waals surface area contributed by atoms with E-state index in [9.17, 15) is 41.0 Å². The second-order valence-electron chi connectivity index (χ2n) is 5.99. The Labute approximate surface area is 140 Å². The molecule has 0 aromatic heterocycles. The molecule has 0 aliphatic carbocycles. The highest BCUT2D eigenvalue weighted by atomic mass is 19.4. The average Bonchev–Trinajstić information content (AvgIpc) is 2.40. The standard InChI is InChI=1S/C14H20F6O5/c1-5-6-8(2)10(22)24-7-9(21)25-11(3,4)12(23,13(15,16)17)14(18,19)20/h8,23H,5-7H2,1-4H3. The zero-order chi connectivity index (χ0) is 20.3. The van der Waals surface area contributed by atoms with Gasteiger partial charge in [0.1, 0.15) is 0 Å². The van der Waals surface area contributed by atoms with Crippen LogP contribution >= 0.6 is 0 Å². The summed E-state index contributed by atoms with van der Waals surface area (Å²) < 4.78 is 85.5. The van der Waals surface area contributed by atoms with Gasteiger partial charge in [-0.2, -0.15) is 26.3 Å². The first-order valence-electron chi connectivity index (χ1n) is 7.25. The lowest BCUT2D eigenvalue weighted by Gasteiger charge is -2.43. The molecule has 11 heteroatoms. The predicted octanol–water partition coefficient (Wildman–Crippen LogP) is 3.14. The Morgan fingerprint density at radius 3 is 1.84 bits per heavy atom. The quantitative estimate of drug-likeness (QED) is 0.541. The highest BCUT2D eigenvalue weighted by Gasteiger charge is 2.78. The van der Waals surface area contributed by atoms with Crippen molar-refractivity contribution >= 4 is 11.9 Å². The Morgan fingerprint density at radius 2 is 1.48 bits per heavy atom. The molecule has 0 aromatic carbocycles. The topological polar surface area (TPSA) is 72.8 Å². The van der Waals surface area contributed by atoms with Gasteiger partial charge in [-0.25, -0.2) is 4.79 Å². The molecule has 0 aliphatic rings. The van der Waals surface area contributed by atoms with E-state index in [1.54, 1.807) is 6.92 Å². The summed E-state index contributed by atoms with van der Waals surface area (Å²) in [7, 11) is 0. The summed E-state index contributed by atoms with van der Waals surface area (Å²) in [5, 5.41) is 9.26. The van der Waals surface area contributed by atoms with Gasteiger partial charge in [-0.15, -0.1) is 0 Å². The van der Waals surface area contributed by atoms with Crippen molar-refractivity contribution < 1.29 is 50.5 Å². The van der Waals surface area contributed by atoms with Gasteiger partial charge in [0, 0.05) is 0 Å². The molecule has 148 valence electrons. The van der Waals surface area contributed by atoms with Crippen LogP contribution < -0.4 is 0 Å². The third-order valence-electron chi connectivity index (χ3n) is 3.52. The van der Waals surface area contributed by atoms with Crippen molar-refractivity contribution in [3.8, 4) is 0 Å². The van der Waals surface area contributed by atoms with Crippen molar-refractivity contribution in [1.82, 2.24) is 0 Å². The normalized spacial score (nSPS) is 14.8. The number of rotatable bonds is 7. The first-order valence-corrected chi connectivity index (χ1v) is 7.25. The Kier molecular flexibility index (Phi) is 7.32. The molecule has 1 unspecified atom stereocenters. The van der Waals surface area contributed by atoms with E-state index in [-0.39, 0.29) is 13.8 Å². The number of carbonyl (C=O) groups excluding carboxylic acids is 2. The van der Waals surface area contributed by atoms with Crippen LogP contribution in [-0.2, 0) is 19.1 Å². The van der Waals surface area contributed by atoms with E-state index in [4.69, 9.17) is 0 Å². The Balaban J connectivity index is 5.16. The van der Waals surface area contributed by atoms with Gasteiger partial charge in [-0.3, -0.25) is 4.79 Å². The van der Waals surface area contributed by atoms with Gasteiger partial charge in [0.25, 0.3) is 5.60 Å². The average molecular weight is 382 g/mol. The summed E-state index contributed by atoms with van der Waals surface area (Å²) in [4.78, 5) is 23.0. The molecular weight excluding hydrogens is 362 g/mol. The zero-order valence-electron chi connectivity index (χ0n) is 14.0. The van der Waals surface area contributed by atoms with Crippen LogP contribution in [0.25, 0.3) is 0 Å². The van der Waals surface area contributed by atoms with Gasteiger partial charge in [-0.05, 0) is 20.3 Å². The number of ether oxygens (including phenoxy) is 2. The van der Waals surface area contributed by atoms with Gasteiger partial charge in [-0.1, -0.05) is 20.3 Å². The zero-order valence-corrected chi connectivity index (χ0v) is 14.0. The van der Waals surface area contributed by atoms with Crippen LogP contribution in [0.1, 0.15) is 40.5 Å². The lowest BCUT2D eigenvalue weighted by Crippen LogP contribution is -2.70. The number of esters is 2. The summed E-state index contributed by atoms with van der Waals surface area (Å²) in [5.41, 5.74) is -8.72. The molecule has 25 heavy (non-hydrogen) atoms. The lowest BCUT2D eigenvalue weighted by atomic mass is 9.84. The van der Waals surface area contributed by atoms with E-state index in [0.29, 0.717) is 12.8 Å². The van der Waals surface area contributed by atoms with E-state index in [1.165, 1.54) is 6.92 Å². The van der Waals surface area contributed by atoms with Crippen molar-refractivity contribution in [2.45, 2.75) is 64.1 Å². The van der Waals surface area contributed by atoms with E-state index in [2.05, 4.69) is 9.47 Å². The molecule has 0 aromatic rings. The highest BCUT2D eigenvalue weighted by molar-refractivity contribution is 5.77. The van der Waals surface area contributed by atoms with Crippen LogP contribution in [0, 0.1) is 5.92 Å². The van der Waals surface area contributed by atoms with Crippen LogP contribution in [0.4, 0.5) is 26.3 Å². The summed E-state index contributed by atoms with van der Waals surface area (Å²) in [6.45, 7) is 2.59. The highest BCUT2D eigenvalue weighted by Crippen LogP contribution is 2.50. The second kappa shape index (κ2) is 7.79. The first kappa shape index (κ1) is 23.5. The fourth-order valence-corrected chi connectivity index (χ4v) is 2.05. The van der Waals surface area contributed by atoms with Gasteiger partial charge in [0.15, 0.2) is 12.2 Å². The van der Waals surface area contributed by atoms with Crippen LogP contribution in [0.3, 0.4) is 0 Å². The number of aliphatic hydroxyl groups is 1. The molecule has 0 aliphatic heterocycles. The van der Waals surface area contributed by atoms with Crippen LogP contribution in [0.2, 0.25) is 0 Å². The third kappa shape index (κ3) is 5.23. The second-order valence-corrected chi connectivity index (χ2v) is 5.99. The minimum absolute atomic E-state index is 0.257. The van der Waals surface area contributed by atoms with Crippen LogP contribution in [0.5, 0.6) is 0 Å². The molecule has 0 heterocycles. The molecule has 0 bridgehead atoms. The van der Waals surface area contributed by atoms with Crippen molar-refractivity contribution in [1.29, 1.82) is 0 Å². The molecule has 0 rings (SSSR count). The lowest BCUT2D eigenvalue weighted by molar-refractivity contribution is -0.407. The minimum atomic E-state index is -6.17. The summed E-state index contributed by atoms with van der Waals surface area (Å²) in [6.07, 6.45) is -11.3. The van der Waals surface area contributed by atoms with Crippen LogP contribution in [0.15, 0.2) is 0 Å². The summed E-state index contributed by atoms with van der Waals surface area (Å²) in [6, 6.07) is 0. The maximum absolute atomic E-state index is 12.8. The van der Waals surface area contributed by atoms with Gasteiger partial charge < -0.3 is 14.6 Å². The molecule has 0 saturated carbocycles. The number of carbonyl (C=O) groups is 2. The molecular formula is C14H20F6O5. The SMILES string of the molecule is CCCC(C)C(=O)OCC(=O)OC(C)(C)C(O)(C(F)(F)F)C(F)(F)F. The smallest absolute Gasteiger partial charge is 0.430 e. The monoisotopic (exact) mass is 382 g/mol. The number of hydrogen-bond donors (Lipinski definition) is 1. The number of halogens is 6. The maximum Gasteiger partial charge on any atom is 0.430 e. The largest absolute Gasteiger partial charge is 0.453 e. The number of hydrogen-bond acceptors (Lipinski definition) is 5. The van der Waals surface area contributed by atoms with Crippen LogP contribution in [-0.4, -0.2) is 47.2 Å². The summed E-state index contributed by atoms with van der Waals surface area (Å²) in [5.74, 6) is -3.11. The fourth-order valence-electron chi connectivity index (χ4n) is 2.05. The molecule has 0 spiro atoms. The minimum Gasteiger partial charge on any atom is -0.453 e. The Bertz CT molecular complexity index is 469. The predicted molar refractivity (Wildman–Crippen MR) is 72.3 cm³/mol. The molecule has 0 amide bonds. The molecule has 0 radical (unpaired) electrons. The van der Waals surface area contributed by atoms with E-state index in [1.807, 2.05) is 0 Å². The van der Waals surface area contributed by atoms with E-state index in [0.717, 1.165) is 0 Å². The van der Waals surface area contributed by atoms with Crippen molar-refractivity contribution in [3.63, 3.8) is 0 Å². The number of alkyl halides is 6. The maximum atomic E-state index is 12.8. The summed E-state index contributed by atoms with van der Waals surface area (Å²) >= 11 is 0. The Morgan fingerprint density at radius 1 is 1.04 bits per heavy atom.